The first-order chi connectivity index (χ1) is 10.2. The third-order valence-electron chi connectivity index (χ3n) is 5.30. The minimum absolute atomic E-state index is 0.0144. The van der Waals surface area contributed by atoms with Gasteiger partial charge in [-0.3, -0.25) is 19.4 Å². The highest BCUT2D eigenvalue weighted by Crippen LogP contribution is 2.28. The Bertz CT molecular complexity index is 400. The van der Waals surface area contributed by atoms with Crippen LogP contribution in [0.4, 0.5) is 0 Å². The van der Waals surface area contributed by atoms with Crippen LogP contribution in [0.2, 0.25) is 0 Å². The predicted octanol–water partition coefficient (Wildman–Crippen LogP) is 1.13. The maximum atomic E-state index is 12.5. The zero-order valence-corrected chi connectivity index (χ0v) is 13.0. The zero-order chi connectivity index (χ0) is 14.8. The molecule has 0 spiro atoms. The number of hydrogen-bond donors (Lipinski definition) is 1. The van der Waals surface area contributed by atoms with Crippen molar-refractivity contribution in [1.29, 1.82) is 0 Å². The molecule has 3 aliphatic rings. The quantitative estimate of drug-likeness (QED) is 0.772. The summed E-state index contributed by atoms with van der Waals surface area (Å²) < 4.78 is 0. The molecule has 2 atom stereocenters. The smallest absolute Gasteiger partial charge is 0.247 e. The van der Waals surface area contributed by atoms with Crippen LogP contribution in [0, 0.1) is 0 Å². The highest BCUT2D eigenvalue weighted by molar-refractivity contribution is 6.05. The van der Waals surface area contributed by atoms with Crippen molar-refractivity contribution >= 4 is 11.8 Å². The number of carbonyl (C=O) groups excluding carboxylic acids is 2. The summed E-state index contributed by atoms with van der Waals surface area (Å²) in [6.07, 6.45) is 7.18. The van der Waals surface area contributed by atoms with Crippen molar-refractivity contribution in [3.8, 4) is 0 Å². The lowest BCUT2D eigenvalue weighted by Gasteiger charge is -2.26. The summed E-state index contributed by atoms with van der Waals surface area (Å²) in [6.45, 7) is 5.32. The fraction of sp³-hybridized carbons (Fsp3) is 0.875. The lowest BCUT2D eigenvalue weighted by molar-refractivity contribution is -0.141. The SMILES string of the molecule is CC(CNC1CC(=O)N(C2CCCC2)C1=O)N1CCCC1. The molecule has 2 saturated heterocycles. The van der Waals surface area contributed by atoms with Gasteiger partial charge in [-0.25, -0.2) is 0 Å². The van der Waals surface area contributed by atoms with E-state index in [1.807, 2.05) is 0 Å². The molecule has 1 N–H and O–H groups in total. The van der Waals surface area contributed by atoms with Crippen molar-refractivity contribution in [3.05, 3.63) is 0 Å². The molecular formula is C16H27N3O2. The van der Waals surface area contributed by atoms with Gasteiger partial charge in [0.25, 0.3) is 0 Å². The van der Waals surface area contributed by atoms with E-state index in [1.165, 1.54) is 12.8 Å². The second-order valence-corrected chi connectivity index (χ2v) is 6.80. The number of likely N-dealkylation sites (tertiary alicyclic amines) is 2. The van der Waals surface area contributed by atoms with Crippen LogP contribution in [0.25, 0.3) is 0 Å². The van der Waals surface area contributed by atoms with Crippen LogP contribution in [0.1, 0.15) is 51.9 Å². The first-order valence-corrected chi connectivity index (χ1v) is 8.50. The molecule has 0 aromatic rings. The molecular weight excluding hydrogens is 266 g/mol. The number of rotatable bonds is 5. The van der Waals surface area contributed by atoms with Crippen LogP contribution in [-0.4, -0.2) is 59.4 Å². The summed E-state index contributed by atoms with van der Waals surface area (Å²) in [5.74, 6) is 0.0405. The molecule has 0 bridgehead atoms. The van der Waals surface area contributed by atoms with Crippen molar-refractivity contribution in [1.82, 2.24) is 15.1 Å². The van der Waals surface area contributed by atoms with Crippen molar-refractivity contribution in [2.24, 2.45) is 0 Å². The van der Waals surface area contributed by atoms with Crippen LogP contribution in [0.15, 0.2) is 0 Å². The molecule has 3 fully saturated rings. The van der Waals surface area contributed by atoms with Gasteiger partial charge in [0.2, 0.25) is 11.8 Å². The Hall–Kier alpha value is -0.940. The summed E-state index contributed by atoms with van der Waals surface area (Å²) in [5.41, 5.74) is 0. The fourth-order valence-electron chi connectivity index (χ4n) is 3.98. The number of hydrogen-bond acceptors (Lipinski definition) is 4. The van der Waals surface area contributed by atoms with Gasteiger partial charge in [-0.2, -0.15) is 0 Å². The van der Waals surface area contributed by atoms with Gasteiger partial charge >= 0.3 is 0 Å². The predicted molar refractivity (Wildman–Crippen MR) is 80.8 cm³/mol. The molecule has 2 amide bonds. The molecule has 0 radical (unpaired) electrons. The number of nitrogens with one attached hydrogen (secondary N) is 1. The van der Waals surface area contributed by atoms with Gasteiger partial charge in [-0.05, 0) is 45.7 Å². The monoisotopic (exact) mass is 293 g/mol. The minimum Gasteiger partial charge on any atom is -0.304 e. The topological polar surface area (TPSA) is 52.7 Å². The van der Waals surface area contributed by atoms with E-state index < -0.39 is 0 Å². The van der Waals surface area contributed by atoms with Gasteiger partial charge in [0.15, 0.2) is 0 Å². The molecule has 1 aliphatic carbocycles. The molecule has 21 heavy (non-hydrogen) atoms. The first kappa shape index (κ1) is 15.0. The Balaban J connectivity index is 1.52. The van der Waals surface area contributed by atoms with Crippen molar-refractivity contribution in [2.75, 3.05) is 19.6 Å². The summed E-state index contributed by atoms with van der Waals surface area (Å²) >= 11 is 0. The number of carbonyl (C=O) groups is 2. The molecule has 1 saturated carbocycles. The van der Waals surface area contributed by atoms with Crippen molar-refractivity contribution in [3.63, 3.8) is 0 Å². The second kappa shape index (κ2) is 6.44. The lowest BCUT2D eigenvalue weighted by atomic mass is 10.2. The molecule has 2 heterocycles. The first-order valence-electron chi connectivity index (χ1n) is 8.50. The van der Waals surface area contributed by atoms with Gasteiger partial charge in [-0.15, -0.1) is 0 Å². The van der Waals surface area contributed by atoms with E-state index in [4.69, 9.17) is 0 Å². The molecule has 0 aromatic heterocycles. The summed E-state index contributed by atoms with van der Waals surface area (Å²) in [6, 6.07) is 0.326. The van der Waals surface area contributed by atoms with Gasteiger partial charge in [-0.1, -0.05) is 12.8 Å². The van der Waals surface area contributed by atoms with Gasteiger partial charge in [0.1, 0.15) is 0 Å². The largest absolute Gasteiger partial charge is 0.304 e. The highest BCUT2D eigenvalue weighted by atomic mass is 16.2. The molecule has 5 heteroatoms. The van der Waals surface area contributed by atoms with Gasteiger partial charge in [0.05, 0.1) is 12.5 Å². The Morgan fingerprint density at radius 1 is 1.14 bits per heavy atom. The summed E-state index contributed by atoms with van der Waals surface area (Å²) in [4.78, 5) is 28.6. The van der Waals surface area contributed by atoms with Crippen molar-refractivity contribution in [2.45, 2.75) is 70.0 Å². The van der Waals surface area contributed by atoms with E-state index in [0.717, 1.165) is 45.3 Å². The van der Waals surface area contributed by atoms with E-state index in [1.54, 1.807) is 4.90 Å². The maximum absolute atomic E-state index is 12.5. The molecule has 3 rings (SSSR count). The highest BCUT2D eigenvalue weighted by Gasteiger charge is 2.42. The average Bonchev–Trinajstić information content (AvgIpc) is 3.17. The van der Waals surface area contributed by atoms with Crippen LogP contribution >= 0.6 is 0 Å². The molecule has 0 aromatic carbocycles. The third kappa shape index (κ3) is 3.14. The van der Waals surface area contributed by atoms with Crippen LogP contribution < -0.4 is 5.32 Å². The summed E-state index contributed by atoms with van der Waals surface area (Å²) in [7, 11) is 0. The van der Waals surface area contributed by atoms with Crippen LogP contribution in [0.3, 0.4) is 0 Å². The Labute approximate surface area is 127 Å². The molecule has 2 unspecified atom stereocenters. The van der Waals surface area contributed by atoms with E-state index in [9.17, 15) is 9.59 Å². The Morgan fingerprint density at radius 2 is 1.81 bits per heavy atom. The Kier molecular flexibility index (Phi) is 4.60. The number of nitrogens with zero attached hydrogens (tertiary/aromatic N) is 2. The molecule has 5 nitrogen and oxygen atoms in total. The van der Waals surface area contributed by atoms with E-state index in [0.29, 0.717) is 12.5 Å². The van der Waals surface area contributed by atoms with Crippen molar-refractivity contribution < 1.29 is 9.59 Å². The zero-order valence-electron chi connectivity index (χ0n) is 13.0. The van der Waals surface area contributed by atoms with E-state index in [-0.39, 0.29) is 23.9 Å². The van der Waals surface area contributed by atoms with E-state index >= 15 is 0 Å². The second-order valence-electron chi connectivity index (χ2n) is 6.80. The number of imide groups is 1. The van der Waals surface area contributed by atoms with Crippen LogP contribution in [-0.2, 0) is 9.59 Å². The van der Waals surface area contributed by atoms with Gasteiger partial charge < -0.3 is 5.32 Å². The standard InChI is InChI=1S/C16H27N3O2/c1-12(18-8-4-5-9-18)11-17-14-10-15(20)19(16(14)21)13-6-2-3-7-13/h12-14,17H,2-11H2,1H3. The third-order valence-corrected chi connectivity index (χ3v) is 5.30. The number of amides is 2. The van der Waals surface area contributed by atoms with E-state index in [2.05, 4.69) is 17.1 Å². The maximum Gasteiger partial charge on any atom is 0.247 e. The average molecular weight is 293 g/mol. The molecule has 2 aliphatic heterocycles. The summed E-state index contributed by atoms with van der Waals surface area (Å²) in [5, 5.41) is 3.34. The fourth-order valence-corrected chi connectivity index (χ4v) is 3.98. The normalized spacial score (nSPS) is 29.8. The minimum atomic E-state index is -0.289. The Morgan fingerprint density at radius 3 is 2.48 bits per heavy atom. The lowest BCUT2D eigenvalue weighted by Crippen LogP contribution is -2.46. The van der Waals surface area contributed by atoms with Crippen LogP contribution in [0.5, 0.6) is 0 Å². The molecule has 118 valence electrons. The van der Waals surface area contributed by atoms with Gasteiger partial charge in [0, 0.05) is 18.6 Å².